The van der Waals surface area contributed by atoms with Crippen LogP contribution in [0, 0.1) is 0 Å². The Balaban J connectivity index is 2.03. The molecule has 1 heterocycles. The third kappa shape index (κ3) is 2.16. The van der Waals surface area contributed by atoms with E-state index in [0.29, 0.717) is 12.1 Å². The van der Waals surface area contributed by atoms with Crippen molar-refractivity contribution in [1.29, 1.82) is 0 Å². The summed E-state index contributed by atoms with van der Waals surface area (Å²) >= 11 is 0. The largest absolute Gasteiger partial charge is 0.295 e. The minimum Gasteiger partial charge on any atom is -0.295 e. The molecule has 0 radical (unpaired) electrons. The summed E-state index contributed by atoms with van der Waals surface area (Å²) in [5.41, 5.74) is 2.40. The maximum Gasteiger partial charge on any atom is 0.238 e. The van der Waals surface area contributed by atoms with E-state index in [1.807, 2.05) is 6.07 Å². The van der Waals surface area contributed by atoms with Gasteiger partial charge in [-0.3, -0.25) is 9.10 Å². The molecule has 5 heteroatoms. The smallest absolute Gasteiger partial charge is 0.238 e. The van der Waals surface area contributed by atoms with E-state index in [0.717, 1.165) is 36.9 Å². The van der Waals surface area contributed by atoms with Crippen molar-refractivity contribution in [3.05, 3.63) is 29.3 Å². The highest BCUT2D eigenvalue weighted by molar-refractivity contribution is 7.93. The van der Waals surface area contributed by atoms with E-state index in [1.54, 1.807) is 16.4 Å². The second-order valence-corrected chi connectivity index (χ2v) is 7.46. The van der Waals surface area contributed by atoms with E-state index in [9.17, 15) is 13.2 Å². The first-order valence-electron chi connectivity index (χ1n) is 6.65. The first-order valence-corrected chi connectivity index (χ1v) is 8.16. The lowest BCUT2D eigenvalue weighted by atomic mass is 9.99. The van der Waals surface area contributed by atoms with Crippen LogP contribution in [0.4, 0.5) is 5.69 Å². The number of fused-ring (bicyclic) bond motifs is 1. The number of carbonyl (C=O) groups is 1. The predicted molar refractivity (Wildman–Crippen MR) is 74.1 cm³/mol. The van der Waals surface area contributed by atoms with Crippen molar-refractivity contribution in [3.63, 3.8) is 0 Å². The number of ketones is 1. The van der Waals surface area contributed by atoms with E-state index in [1.165, 1.54) is 6.92 Å². The van der Waals surface area contributed by atoms with Crippen LogP contribution < -0.4 is 4.31 Å². The summed E-state index contributed by atoms with van der Waals surface area (Å²) < 4.78 is 26.3. The van der Waals surface area contributed by atoms with Gasteiger partial charge in [-0.1, -0.05) is 0 Å². The number of hydrogen-bond donors (Lipinski definition) is 0. The summed E-state index contributed by atoms with van der Waals surface area (Å²) in [5, 5.41) is -0.189. The average molecular weight is 279 g/mol. The molecule has 0 aromatic heterocycles. The Morgan fingerprint density at radius 3 is 2.68 bits per heavy atom. The second-order valence-electron chi connectivity index (χ2n) is 5.32. The Kier molecular flexibility index (Phi) is 2.89. The number of nitrogens with zero attached hydrogens (tertiary/aromatic N) is 1. The van der Waals surface area contributed by atoms with Gasteiger partial charge in [0.25, 0.3) is 0 Å². The van der Waals surface area contributed by atoms with E-state index in [-0.39, 0.29) is 11.0 Å². The molecule has 102 valence electrons. The number of benzene rings is 1. The third-order valence-corrected chi connectivity index (χ3v) is 6.12. The van der Waals surface area contributed by atoms with Crippen LogP contribution in [0.2, 0.25) is 0 Å². The van der Waals surface area contributed by atoms with Crippen LogP contribution in [-0.4, -0.2) is 26.0 Å². The molecule has 19 heavy (non-hydrogen) atoms. The molecule has 3 rings (SSSR count). The van der Waals surface area contributed by atoms with Gasteiger partial charge in [-0.05, 0) is 56.4 Å². The van der Waals surface area contributed by atoms with Gasteiger partial charge in [0.1, 0.15) is 0 Å². The first-order chi connectivity index (χ1) is 9.00. The molecule has 0 spiro atoms. The minimum absolute atomic E-state index is 0.0185. The van der Waals surface area contributed by atoms with Crippen LogP contribution in [0.25, 0.3) is 0 Å². The zero-order chi connectivity index (χ0) is 13.6. The fourth-order valence-electron chi connectivity index (χ4n) is 2.59. The van der Waals surface area contributed by atoms with Crippen LogP contribution in [0.15, 0.2) is 18.2 Å². The molecule has 1 aliphatic carbocycles. The molecule has 0 unspecified atom stereocenters. The fraction of sp³-hybridized carbons (Fsp3) is 0.500. The molecule has 0 N–H and O–H groups in total. The monoisotopic (exact) mass is 279 g/mol. The van der Waals surface area contributed by atoms with Gasteiger partial charge < -0.3 is 0 Å². The fourth-order valence-corrected chi connectivity index (χ4v) is 4.52. The van der Waals surface area contributed by atoms with Gasteiger partial charge in [-0.2, -0.15) is 0 Å². The molecule has 1 aliphatic heterocycles. The van der Waals surface area contributed by atoms with Crippen molar-refractivity contribution < 1.29 is 13.2 Å². The Bertz CT molecular complexity index is 632. The van der Waals surface area contributed by atoms with Gasteiger partial charge >= 0.3 is 0 Å². The van der Waals surface area contributed by atoms with Gasteiger partial charge in [0, 0.05) is 12.1 Å². The number of sulfonamides is 1. The van der Waals surface area contributed by atoms with Crippen LogP contribution in [0.3, 0.4) is 0 Å². The Hall–Kier alpha value is -1.36. The topological polar surface area (TPSA) is 54.5 Å². The maximum absolute atomic E-state index is 12.4. The summed E-state index contributed by atoms with van der Waals surface area (Å²) in [6.07, 6.45) is 3.22. The predicted octanol–water partition coefficient (Wildman–Crippen LogP) is 2.13. The van der Waals surface area contributed by atoms with E-state index < -0.39 is 10.0 Å². The zero-order valence-electron chi connectivity index (χ0n) is 10.9. The molecule has 1 fully saturated rings. The normalized spacial score (nSPS) is 19.1. The van der Waals surface area contributed by atoms with Crippen molar-refractivity contribution in [2.24, 2.45) is 0 Å². The molecule has 2 aliphatic rings. The molecular formula is C14H17NO3S. The van der Waals surface area contributed by atoms with Gasteiger partial charge in [0.05, 0.1) is 10.9 Å². The van der Waals surface area contributed by atoms with Crippen molar-refractivity contribution in [2.45, 2.75) is 37.9 Å². The number of aryl methyl sites for hydroxylation is 1. The highest BCUT2D eigenvalue weighted by atomic mass is 32.2. The standard InChI is InChI=1S/C14H17NO3S/c1-10(16)11-4-7-14-12(9-11)3-2-8-15(14)19(17,18)13-5-6-13/h4,7,9,13H,2-3,5-6,8H2,1H3. The number of anilines is 1. The van der Waals surface area contributed by atoms with Crippen LogP contribution in [0.5, 0.6) is 0 Å². The Labute approximate surface area is 113 Å². The number of rotatable bonds is 3. The molecule has 0 bridgehead atoms. The van der Waals surface area contributed by atoms with Crippen LogP contribution >= 0.6 is 0 Å². The van der Waals surface area contributed by atoms with Crippen molar-refractivity contribution in [1.82, 2.24) is 0 Å². The molecule has 0 atom stereocenters. The maximum atomic E-state index is 12.4. The zero-order valence-corrected chi connectivity index (χ0v) is 11.7. The number of carbonyl (C=O) groups excluding carboxylic acids is 1. The first kappa shape index (κ1) is 12.7. The minimum atomic E-state index is -3.19. The lowest BCUT2D eigenvalue weighted by molar-refractivity contribution is 0.101. The number of hydrogen-bond acceptors (Lipinski definition) is 3. The number of Topliss-reactive ketones (excluding diaryl/α,β-unsaturated/α-hetero) is 1. The molecule has 1 aromatic carbocycles. The lowest BCUT2D eigenvalue weighted by Crippen LogP contribution is -2.37. The summed E-state index contributed by atoms with van der Waals surface area (Å²) in [6.45, 7) is 2.09. The quantitative estimate of drug-likeness (QED) is 0.796. The summed E-state index contributed by atoms with van der Waals surface area (Å²) in [4.78, 5) is 11.4. The SMILES string of the molecule is CC(=O)c1ccc2c(c1)CCCN2S(=O)(=O)C1CC1. The highest BCUT2D eigenvalue weighted by Gasteiger charge is 2.41. The van der Waals surface area contributed by atoms with Gasteiger partial charge in [-0.25, -0.2) is 8.42 Å². The van der Waals surface area contributed by atoms with Gasteiger partial charge in [0.2, 0.25) is 10.0 Å². The molecule has 0 saturated heterocycles. The average Bonchev–Trinajstić information content (AvgIpc) is 3.21. The van der Waals surface area contributed by atoms with Crippen molar-refractivity contribution in [3.8, 4) is 0 Å². The van der Waals surface area contributed by atoms with E-state index in [2.05, 4.69) is 0 Å². The third-order valence-electron chi connectivity index (χ3n) is 3.81. The van der Waals surface area contributed by atoms with Crippen molar-refractivity contribution in [2.75, 3.05) is 10.8 Å². The van der Waals surface area contributed by atoms with E-state index in [4.69, 9.17) is 0 Å². The summed E-state index contributed by atoms with van der Waals surface area (Å²) in [6, 6.07) is 5.35. The lowest BCUT2D eigenvalue weighted by Gasteiger charge is -2.30. The molecule has 1 saturated carbocycles. The highest BCUT2D eigenvalue weighted by Crippen LogP contribution is 2.37. The van der Waals surface area contributed by atoms with Crippen LogP contribution in [0.1, 0.15) is 42.1 Å². The Morgan fingerprint density at radius 1 is 1.32 bits per heavy atom. The molecule has 0 amide bonds. The summed E-state index contributed by atoms with van der Waals surface area (Å²) in [5.74, 6) is 0.0185. The van der Waals surface area contributed by atoms with E-state index >= 15 is 0 Å². The van der Waals surface area contributed by atoms with Crippen LogP contribution in [-0.2, 0) is 16.4 Å². The second kappa shape index (κ2) is 4.34. The Morgan fingerprint density at radius 2 is 2.05 bits per heavy atom. The molecule has 1 aromatic rings. The van der Waals surface area contributed by atoms with Crippen molar-refractivity contribution >= 4 is 21.5 Å². The molecular weight excluding hydrogens is 262 g/mol. The summed E-state index contributed by atoms with van der Waals surface area (Å²) in [7, 11) is -3.19. The molecule has 4 nitrogen and oxygen atoms in total. The van der Waals surface area contributed by atoms with Gasteiger partial charge in [0.15, 0.2) is 5.78 Å². The van der Waals surface area contributed by atoms with Gasteiger partial charge in [-0.15, -0.1) is 0 Å².